The molecule has 1 atom stereocenters. The standard InChI is InChI=1S/C20H21N3O2S2/c1-13-22-20-18(9-4-10-19(20)26-13)23-27(24,25)17-8-3-6-15(12-17)14-5-2-7-16(21)11-14/h2-3,5-8,11-12,18,23H,4,9-10,21H2,1H3. The molecule has 0 amide bonds. The van der Waals surface area contributed by atoms with E-state index in [0.717, 1.165) is 41.1 Å². The Labute approximate surface area is 163 Å². The Bertz CT molecular complexity index is 1090. The number of rotatable bonds is 4. The van der Waals surface area contributed by atoms with Crippen LogP contribution in [0.5, 0.6) is 0 Å². The number of sulfonamides is 1. The SMILES string of the molecule is Cc1nc2c(s1)CCCC2NS(=O)(=O)c1cccc(-c2cccc(N)c2)c1. The summed E-state index contributed by atoms with van der Waals surface area (Å²) in [5.41, 5.74) is 9.10. The summed E-state index contributed by atoms with van der Waals surface area (Å²) in [6.45, 7) is 1.96. The summed E-state index contributed by atoms with van der Waals surface area (Å²) in [7, 11) is -3.65. The van der Waals surface area contributed by atoms with E-state index < -0.39 is 10.0 Å². The Morgan fingerprint density at radius 3 is 2.67 bits per heavy atom. The molecule has 1 aliphatic carbocycles. The van der Waals surface area contributed by atoms with Crippen LogP contribution < -0.4 is 10.5 Å². The highest BCUT2D eigenvalue weighted by atomic mass is 32.2. The summed E-state index contributed by atoms with van der Waals surface area (Å²) in [6.07, 6.45) is 2.71. The van der Waals surface area contributed by atoms with Gasteiger partial charge in [0.2, 0.25) is 10.0 Å². The fraction of sp³-hybridized carbons (Fsp3) is 0.250. The Kier molecular flexibility index (Phi) is 4.75. The molecule has 1 aromatic heterocycles. The maximum absolute atomic E-state index is 13.0. The first-order chi connectivity index (χ1) is 12.9. The van der Waals surface area contributed by atoms with Gasteiger partial charge < -0.3 is 5.73 Å². The number of hydrogen-bond acceptors (Lipinski definition) is 5. The smallest absolute Gasteiger partial charge is 0.241 e. The van der Waals surface area contributed by atoms with Crippen LogP contribution >= 0.6 is 11.3 Å². The molecule has 4 rings (SSSR count). The second-order valence-corrected chi connectivity index (χ2v) is 9.76. The summed E-state index contributed by atoms with van der Waals surface area (Å²) in [5.74, 6) is 0. The Hall–Kier alpha value is -2.22. The first-order valence-electron chi connectivity index (χ1n) is 8.87. The van der Waals surface area contributed by atoms with Gasteiger partial charge >= 0.3 is 0 Å². The van der Waals surface area contributed by atoms with Crippen LogP contribution in [0.1, 0.15) is 34.5 Å². The number of anilines is 1. The zero-order valence-corrected chi connectivity index (χ0v) is 16.6. The highest BCUT2D eigenvalue weighted by molar-refractivity contribution is 7.89. The van der Waals surface area contributed by atoms with Gasteiger partial charge in [0.1, 0.15) is 0 Å². The van der Waals surface area contributed by atoms with Crippen LogP contribution in [0.3, 0.4) is 0 Å². The van der Waals surface area contributed by atoms with Gasteiger partial charge in [-0.15, -0.1) is 11.3 Å². The predicted octanol–water partition coefficient (Wildman–Crippen LogP) is 4.06. The topological polar surface area (TPSA) is 85.1 Å². The summed E-state index contributed by atoms with van der Waals surface area (Å²) in [6, 6.07) is 14.1. The molecule has 0 fully saturated rings. The van der Waals surface area contributed by atoms with Crippen molar-refractivity contribution >= 4 is 27.0 Å². The van der Waals surface area contributed by atoms with Crippen LogP contribution in [0.4, 0.5) is 5.69 Å². The monoisotopic (exact) mass is 399 g/mol. The normalized spacial score (nSPS) is 16.9. The molecule has 0 aliphatic heterocycles. The van der Waals surface area contributed by atoms with Crippen molar-refractivity contribution in [3.8, 4) is 11.1 Å². The lowest BCUT2D eigenvalue weighted by Crippen LogP contribution is -2.31. The number of aryl methyl sites for hydroxylation is 2. The van der Waals surface area contributed by atoms with E-state index in [0.29, 0.717) is 5.69 Å². The van der Waals surface area contributed by atoms with E-state index in [4.69, 9.17) is 5.73 Å². The fourth-order valence-electron chi connectivity index (χ4n) is 3.47. The summed E-state index contributed by atoms with van der Waals surface area (Å²) in [4.78, 5) is 6.01. The minimum Gasteiger partial charge on any atom is -0.399 e. The molecule has 1 aliphatic rings. The molecule has 1 heterocycles. The Balaban J connectivity index is 1.64. The van der Waals surface area contributed by atoms with Crippen molar-refractivity contribution in [2.24, 2.45) is 0 Å². The van der Waals surface area contributed by atoms with Crippen molar-refractivity contribution in [2.75, 3.05) is 5.73 Å². The third-order valence-corrected chi connectivity index (χ3v) is 7.24. The minimum atomic E-state index is -3.65. The Morgan fingerprint density at radius 1 is 1.15 bits per heavy atom. The number of nitrogens with zero attached hydrogens (tertiary/aromatic N) is 1. The van der Waals surface area contributed by atoms with Crippen LogP contribution in [0.2, 0.25) is 0 Å². The summed E-state index contributed by atoms with van der Waals surface area (Å²) in [5, 5.41) is 0.981. The van der Waals surface area contributed by atoms with E-state index in [9.17, 15) is 8.42 Å². The zero-order chi connectivity index (χ0) is 19.0. The molecule has 3 aromatic rings. The minimum absolute atomic E-state index is 0.251. The van der Waals surface area contributed by atoms with Gasteiger partial charge in [-0.2, -0.15) is 0 Å². The number of nitrogens with one attached hydrogen (secondary N) is 1. The lowest BCUT2D eigenvalue weighted by Gasteiger charge is -2.22. The second-order valence-electron chi connectivity index (χ2n) is 6.76. The van der Waals surface area contributed by atoms with Crippen LogP contribution in [-0.4, -0.2) is 13.4 Å². The molecule has 1 unspecified atom stereocenters. The van der Waals surface area contributed by atoms with Crippen LogP contribution in [0, 0.1) is 6.92 Å². The first-order valence-corrected chi connectivity index (χ1v) is 11.2. The number of thiazole rings is 1. The van der Waals surface area contributed by atoms with Gasteiger partial charge in [-0.25, -0.2) is 18.1 Å². The molecule has 140 valence electrons. The molecular weight excluding hydrogens is 378 g/mol. The highest BCUT2D eigenvalue weighted by Gasteiger charge is 2.28. The molecule has 3 N–H and O–H groups in total. The molecule has 0 bridgehead atoms. The van der Waals surface area contributed by atoms with E-state index >= 15 is 0 Å². The quantitative estimate of drug-likeness (QED) is 0.648. The average Bonchev–Trinajstić information content (AvgIpc) is 3.03. The van der Waals surface area contributed by atoms with Crippen molar-refractivity contribution < 1.29 is 8.42 Å². The molecule has 5 nitrogen and oxygen atoms in total. The first kappa shape index (κ1) is 18.2. The number of hydrogen-bond donors (Lipinski definition) is 2. The van der Waals surface area contributed by atoms with E-state index in [1.54, 1.807) is 29.5 Å². The molecule has 2 aromatic carbocycles. The van der Waals surface area contributed by atoms with Crippen molar-refractivity contribution in [3.05, 3.63) is 64.1 Å². The van der Waals surface area contributed by atoms with Crippen LogP contribution in [-0.2, 0) is 16.4 Å². The molecule has 7 heteroatoms. The van der Waals surface area contributed by atoms with Crippen molar-refractivity contribution in [2.45, 2.75) is 37.1 Å². The number of aromatic nitrogens is 1. The summed E-state index contributed by atoms with van der Waals surface area (Å²) < 4.78 is 28.9. The maximum Gasteiger partial charge on any atom is 0.241 e. The largest absolute Gasteiger partial charge is 0.399 e. The maximum atomic E-state index is 13.0. The predicted molar refractivity (Wildman–Crippen MR) is 109 cm³/mol. The van der Waals surface area contributed by atoms with E-state index in [-0.39, 0.29) is 10.9 Å². The summed E-state index contributed by atoms with van der Waals surface area (Å²) >= 11 is 1.66. The van der Waals surface area contributed by atoms with Gasteiger partial charge in [0.05, 0.1) is 21.6 Å². The molecular formula is C20H21N3O2S2. The lowest BCUT2D eigenvalue weighted by molar-refractivity contribution is 0.502. The fourth-order valence-corrected chi connectivity index (χ4v) is 5.79. The third-order valence-electron chi connectivity index (χ3n) is 4.72. The van der Waals surface area contributed by atoms with Gasteiger partial charge in [-0.3, -0.25) is 0 Å². The van der Waals surface area contributed by atoms with Gasteiger partial charge in [0.15, 0.2) is 0 Å². The number of nitrogen functional groups attached to an aromatic ring is 1. The number of fused-ring (bicyclic) bond motifs is 1. The van der Waals surface area contributed by atoms with E-state index in [1.807, 2.05) is 37.3 Å². The molecule has 27 heavy (non-hydrogen) atoms. The van der Waals surface area contributed by atoms with Gasteiger partial charge in [0.25, 0.3) is 0 Å². The van der Waals surface area contributed by atoms with Crippen molar-refractivity contribution in [1.82, 2.24) is 9.71 Å². The van der Waals surface area contributed by atoms with E-state index in [1.165, 1.54) is 4.88 Å². The van der Waals surface area contributed by atoms with Crippen molar-refractivity contribution in [1.29, 1.82) is 0 Å². The van der Waals surface area contributed by atoms with Gasteiger partial charge in [0, 0.05) is 10.6 Å². The number of nitrogens with two attached hydrogens (primary N) is 1. The molecule has 0 spiro atoms. The van der Waals surface area contributed by atoms with Crippen LogP contribution in [0.15, 0.2) is 53.4 Å². The third kappa shape index (κ3) is 3.76. The lowest BCUT2D eigenvalue weighted by atomic mass is 9.99. The molecule has 0 saturated heterocycles. The van der Waals surface area contributed by atoms with Crippen molar-refractivity contribution in [3.63, 3.8) is 0 Å². The average molecular weight is 400 g/mol. The van der Waals surface area contributed by atoms with Gasteiger partial charge in [-0.1, -0.05) is 24.3 Å². The molecule has 0 radical (unpaired) electrons. The highest BCUT2D eigenvalue weighted by Crippen LogP contribution is 2.34. The molecule has 0 saturated carbocycles. The Morgan fingerprint density at radius 2 is 1.89 bits per heavy atom. The zero-order valence-electron chi connectivity index (χ0n) is 15.0. The van der Waals surface area contributed by atoms with Gasteiger partial charge in [-0.05, 0) is 61.6 Å². The number of benzene rings is 2. The van der Waals surface area contributed by atoms with Crippen LogP contribution in [0.25, 0.3) is 11.1 Å². The van der Waals surface area contributed by atoms with E-state index in [2.05, 4.69) is 9.71 Å². The second kappa shape index (κ2) is 7.07.